The van der Waals surface area contributed by atoms with Crippen molar-refractivity contribution >= 4 is 28.2 Å². The van der Waals surface area contributed by atoms with Gasteiger partial charge in [-0.3, -0.25) is 4.98 Å². The first-order valence-electron chi connectivity index (χ1n) is 10.3. The van der Waals surface area contributed by atoms with Crippen molar-refractivity contribution < 1.29 is 27.0 Å². The number of ether oxygens (including phenoxy) is 2. The second kappa shape index (κ2) is 9.73. The molecular weight excluding hydrogens is 460 g/mol. The van der Waals surface area contributed by atoms with Crippen LogP contribution in [-0.2, 0) is 4.74 Å². The van der Waals surface area contributed by atoms with Gasteiger partial charge in [-0.25, -0.2) is 4.39 Å². The zero-order valence-electron chi connectivity index (χ0n) is 18.7. The fourth-order valence-corrected chi connectivity index (χ4v) is 3.95. The van der Waals surface area contributed by atoms with Crippen molar-refractivity contribution in [1.29, 1.82) is 0 Å². The van der Waals surface area contributed by atoms with E-state index in [0.29, 0.717) is 16.6 Å². The Labute approximate surface area is 194 Å². The molecule has 0 amide bonds. The first kappa shape index (κ1) is 25.1. The van der Waals surface area contributed by atoms with Crippen LogP contribution >= 0.6 is 11.6 Å². The molecule has 2 aromatic carbocycles. The van der Waals surface area contributed by atoms with Gasteiger partial charge in [-0.2, -0.15) is 13.2 Å². The molecule has 9 heteroatoms. The third-order valence-electron chi connectivity index (χ3n) is 5.67. The molecule has 3 aromatic rings. The smallest absolute Gasteiger partial charge is 0.398 e. The molecule has 0 fully saturated rings. The summed E-state index contributed by atoms with van der Waals surface area (Å²) in [6, 6.07) is 9.78. The van der Waals surface area contributed by atoms with Gasteiger partial charge in [0, 0.05) is 23.4 Å². The molecule has 0 saturated heterocycles. The molecular formula is C24H25ClF4N2O2. The molecule has 33 heavy (non-hydrogen) atoms. The molecule has 0 bridgehead atoms. The number of rotatable bonds is 8. The van der Waals surface area contributed by atoms with E-state index in [2.05, 4.69) is 10.3 Å². The number of nitrogens with one attached hydrogen (secondary N) is 1. The second-order valence-corrected chi connectivity index (χ2v) is 8.32. The summed E-state index contributed by atoms with van der Waals surface area (Å²) in [6.45, 7) is 3.90. The first-order valence-corrected chi connectivity index (χ1v) is 10.7. The van der Waals surface area contributed by atoms with Gasteiger partial charge in [0.2, 0.25) is 0 Å². The average molecular weight is 485 g/mol. The number of halogens is 5. The molecule has 2 unspecified atom stereocenters. The van der Waals surface area contributed by atoms with E-state index in [4.69, 9.17) is 21.1 Å². The van der Waals surface area contributed by atoms with Crippen molar-refractivity contribution in [3.05, 3.63) is 64.6 Å². The van der Waals surface area contributed by atoms with Gasteiger partial charge in [0.25, 0.3) is 0 Å². The van der Waals surface area contributed by atoms with Crippen LogP contribution in [0.5, 0.6) is 5.75 Å². The summed E-state index contributed by atoms with van der Waals surface area (Å²) in [5.74, 6) is -1.09. The van der Waals surface area contributed by atoms with E-state index in [0.717, 1.165) is 12.6 Å². The number of anilines is 1. The predicted octanol–water partition coefficient (Wildman–Crippen LogP) is 7.10. The Morgan fingerprint density at radius 1 is 1.12 bits per heavy atom. The van der Waals surface area contributed by atoms with Crippen LogP contribution in [0.25, 0.3) is 10.9 Å². The van der Waals surface area contributed by atoms with Crippen LogP contribution in [0.4, 0.5) is 23.2 Å². The van der Waals surface area contributed by atoms with Crippen LogP contribution in [0.15, 0.2) is 42.5 Å². The van der Waals surface area contributed by atoms with Gasteiger partial charge >= 0.3 is 6.18 Å². The highest BCUT2D eigenvalue weighted by atomic mass is 35.5. The number of methoxy groups -OCH3 is 1. The second-order valence-electron chi connectivity index (χ2n) is 7.94. The van der Waals surface area contributed by atoms with Crippen LogP contribution in [-0.4, -0.2) is 31.5 Å². The van der Waals surface area contributed by atoms with Crippen LogP contribution in [0.3, 0.4) is 0 Å². The molecule has 0 radical (unpaired) electrons. The van der Waals surface area contributed by atoms with Gasteiger partial charge in [0.1, 0.15) is 5.41 Å². The Morgan fingerprint density at radius 2 is 1.85 bits per heavy atom. The number of hydrogen-bond donors (Lipinski definition) is 1. The van der Waals surface area contributed by atoms with Crippen molar-refractivity contribution in [1.82, 2.24) is 4.98 Å². The van der Waals surface area contributed by atoms with Gasteiger partial charge in [-0.1, -0.05) is 23.7 Å². The standard InChI is InChI=1S/C24H25ClF4N2O2/c1-5-33-13-23(3,24(27,28)29)22(16-11-12-19(32-4)21(26)20(16)25)31-18-8-6-7-17-15(18)10-9-14(2)30-17/h6-12,22,31H,5,13H2,1-4H3. The van der Waals surface area contributed by atoms with E-state index in [9.17, 15) is 17.6 Å². The first-order chi connectivity index (χ1) is 15.5. The Morgan fingerprint density at radius 3 is 2.48 bits per heavy atom. The van der Waals surface area contributed by atoms with Gasteiger partial charge in [0.05, 0.1) is 30.3 Å². The normalized spacial score (nSPS) is 14.7. The molecule has 0 aliphatic rings. The molecule has 1 aromatic heterocycles. The van der Waals surface area contributed by atoms with E-state index >= 15 is 0 Å². The molecule has 2 atom stereocenters. The molecule has 0 saturated carbocycles. The lowest BCUT2D eigenvalue weighted by atomic mass is 9.78. The highest BCUT2D eigenvalue weighted by Gasteiger charge is 2.57. The number of benzene rings is 2. The highest BCUT2D eigenvalue weighted by molar-refractivity contribution is 6.31. The molecule has 178 valence electrons. The highest BCUT2D eigenvalue weighted by Crippen LogP contribution is 2.51. The lowest BCUT2D eigenvalue weighted by molar-refractivity contribution is -0.239. The van der Waals surface area contributed by atoms with Crippen LogP contribution in [0, 0.1) is 18.2 Å². The molecule has 0 aliphatic heterocycles. The van der Waals surface area contributed by atoms with Crippen molar-refractivity contribution in [2.45, 2.75) is 33.0 Å². The summed E-state index contributed by atoms with van der Waals surface area (Å²) >= 11 is 6.25. The Kier molecular flexibility index (Phi) is 7.39. The fraction of sp³-hybridized carbons (Fsp3) is 0.375. The van der Waals surface area contributed by atoms with Gasteiger partial charge < -0.3 is 14.8 Å². The van der Waals surface area contributed by atoms with Crippen molar-refractivity contribution in [3.8, 4) is 5.75 Å². The molecule has 0 spiro atoms. The molecule has 1 heterocycles. The number of aromatic nitrogens is 1. The van der Waals surface area contributed by atoms with E-state index < -0.39 is 35.1 Å². The quantitative estimate of drug-likeness (QED) is 0.346. The fourth-order valence-electron chi connectivity index (χ4n) is 3.69. The van der Waals surface area contributed by atoms with E-state index in [1.807, 2.05) is 6.92 Å². The monoisotopic (exact) mass is 484 g/mol. The number of aryl methyl sites for hydroxylation is 1. The average Bonchev–Trinajstić information content (AvgIpc) is 2.77. The number of nitrogens with zero attached hydrogens (tertiary/aromatic N) is 1. The summed E-state index contributed by atoms with van der Waals surface area (Å²) in [7, 11) is 1.25. The van der Waals surface area contributed by atoms with Gasteiger partial charge in [0.15, 0.2) is 11.6 Å². The maximum Gasteiger partial charge on any atom is 0.398 e. The van der Waals surface area contributed by atoms with Crippen LogP contribution in [0.1, 0.15) is 31.1 Å². The summed E-state index contributed by atoms with van der Waals surface area (Å²) in [6.07, 6.45) is -4.71. The minimum Gasteiger partial charge on any atom is -0.494 e. The Hall–Kier alpha value is -2.58. The summed E-state index contributed by atoms with van der Waals surface area (Å²) < 4.78 is 68.5. The minimum atomic E-state index is -4.71. The van der Waals surface area contributed by atoms with Gasteiger partial charge in [-0.15, -0.1) is 0 Å². The topological polar surface area (TPSA) is 43.4 Å². The number of alkyl halides is 3. The number of pyridine rings is 1. The Bertz CT molecular complexity index is 1140. The molecule has 4 nitrogen and oxygen atoms in total. The largest absolute Gasteiger partial charge is 0.494 e. The van der Waals surface area contributed by atoms with E-state index in [-0.39, 0.29) is 17.9 Å². The van der Waals surface area contributed by atoms with Crippen molar-refractivity contribution in [2.24, 2.45) is 5.41 Å². The van der Waals surface area contributed by atoms with Gasteiger partial charge in [-0.05, 0) is 56.7 Å². The third kappa shape index (κ3) is 4.87. The van der Waals surface area contributed by atoms with Crippen molar-refractivity contribution in [3.63, 3.8) is 0 Å². The van der Waals surface area contributed by atoms with Crippen molar-refractivity contribution in [2.75, 3.05) is 25.6 Å². The van der Waals surface area contributed by atoms with Crippen LogP contribution in [0.2, 0.25) is 5.02 Å². The number of hydrogen-bond acceptors (Lipinski definition) is 4. The van der Waals surface area contributed by atoms with Crippen LogP contribution < -0.4 is 10.1 Å². The number of fused-ring (bicyclic) bond motifs is 1. The predicted molar refractivity (Wildman–Crippen MR) is 121 cm³/mol. The lowest BCUT2D eigenvalue weighted by Gasteiger charge is -2.40. The maximum atomic E-state index is 14.8. The third-order valence-corrected chi connectivity index (χ3v) is 6.05. The molecule has 3 rings (SSSR count). The minimum absolute atomic E-state index is 0.0634. The Balaban J connectivity index is 2.23. The maximum absolute atomic E-state index is 14.8. The van der Waals surface area contributed by atoms with E-state index in [1.54, 1.807) is 37.3 Å². The van der Waals surface area contributed by atoms with E-state index in [1.165, 1.54) is 19.2 Å². The molecule has 1 N–H and O–H groups in total. The summed E-state index contributed by atoms with van der Waals surface area (Å²) in [4.78, 5) is 4.44. The zero-order chi connectivity index (χ0) is 24.4. The SMILES string of the molecule is CCOCC(C)(C(Nc1cccc2nc(C)ccc12)c1ccc(OC)c(F)c1Cl)C(F)(F)F. The lowest BCUT2D eigenvalue weighted by Crippen LogP contribution is -2.47. The summed E-state index contributed by atoms with van der Waals surface area (Å²) in [5, 5.41) is 3.16. The summed E-state index contributed by atoms with van der Waals surface area (Å²) in [5.41, 5.74) is -0.721. The zero-order valence-corrected chi connectivity index (χ0v) is 19.4. The molecule has 0 aliphatic carbocycles.